The van der Waals surface area contributed by atoms with Gasteiger partial charge in [-0.1, -0.05) is 46.3 Å². The number of hydrogen-bond donors (Lipinski definition) is 3. The first-order chi connectivity index (χ1) is 15.5. The number of halogens is 1. The number of hydrogen-bond acceptors (Lipinski definition) is 4. The lowest BCUT2D eigenvalue weighted by Gasteiger charge is -2.17. The molecule has 3 aromatic carbocycles. The van der Waals surface area contributed by atoms with Crippen molar-refractivity contribution in [1.29, 1.82) is 0 Å². The second kappa shape index (κ2) is 9.84. The van der Waals surface area contributed by atoms with E-state index in [4.69, 9.17) is 21.4 Å². The summed E-state index contributed by atoms with van der Waals surface area (Å²) in [5.74, 6) is 0.137. The van der Waals surface area contributed by atoms with Crippen LogP contribution in [-0.4, -0.2) is 11.2 Å². The first-order valence-corrected chi connectivity index (χ1v) is 11.1. The number of ether oxygens (including phenoxy) is 1. The summed E-state index contributed by atoms with van der Waals surface area (Å²) in [5.41, 5.74) is 3.16. The Morgan fingerprint density at radius 1 is 0.969 bits per heavy atom. The average Bonchev–Trinajstić information content (AvgIpc) is 3.17. The Morgan fingerprint density at radius 3 is 2.31 bits per heavy atom. The van der Waals surface area contributed by atoms with Gasteiger partial charge < -0.3 is 19.8 Å². The molecule has 4 rings (SSSR count). The van der Waals surface area contributed by atoms with Crippen molar-refractivity contribution >= 4 is 61.7 Å². The molecule has 1 atom stereocenters. The van der Waals surface area contributed by atoms with Gasteiger partial charge in [0.25, 0.3) is 5.95 Å². The number of para-hydroxylation sites is 1. The summed E-state index contributed by atoms with van der Waals surface area (Å²) in [6.45, 7) is 2.04. The van der Waals surface area contributed by atoms with Crippen LogP contribution in [-0.2, 0) is 0 Å². The van der Waals surface area contributed by atoms with Crippen molar-refractivity contribution in [2.45, 2.75) is 13.0 Å². The molecule has 0 aliphatic carbocycles. The molecule has 4 aromatic rings. The molecule has 3 N–H and O–H groups in total. The summed E-state index contributed by atoms with van der Waals surface area (Å²) in [6.07, 6.45) is -0.634. The third-order valence-corrected chi connectivity index (χ3v) is 5.45. The van der Waals surface area contributed by atoms with Crippen LogP contribution in [0.1, 0.15) is 18.5 Å². The molecule has 0 spiro atoms. The number of rotatable bonds is 5. The fourth-order valence-electron chi connectivity index (χ4n) is 3.08. The van der Waals surface area contributed by atoms with E-state index in [0.717, 1.165) is 21.1 Å². The molecule has 0 aliphatic heterocycles. The van der Waals surface area contributed by atoms with E-state index in [1.54, 1.807) is 18.2 Å². The largest absolute Gasteiger partial charge is 0.425 e. The number of carbonyl (C=O) groups is 1. The molecule has 6 nitrogen and oxygen atoms in total. The van der Waals surface area contributed by atoms with Crippen LogP contribution in [0, 0.1) is 0 Å². The van der Waals surface area contributed by atoms with Gasteiger partial charge in [-0.3, -0.25) is 5.32 Å². The van der Waals surface area contributed by atoms with E-state index < -0.39 is 6.09 Å². The maximum absolute atomic E-state index is 12.2. The first-order valence-electron chi connectivity index (χ1n) is 9.87. The second-order valence-corrected chi connectivity index (χ2v) is 8.39. The predicted molar refractivity (Wildman–Crippen MR) is 134 cm³/mol. The van der Waals surface area contributed by atoms with Crippen molar-refractivity contribution in [2.75, 3.05) is 10.6 Å². The van der Waals surface area contributed by atoms with Crippen molar-refractivity contribution in [3.63, 3.8) is 0 Å². The monoisotopic (exact) mass is 509 g/mol. The molecule has 1 aromatic heterocycles. The highest BCUT2D eigenvalue weighted by Gasteiger charge is 2.11. The fraction of sp³-hybridized carbons (Fsp3) is 0.0833. The van der Waals surface area contributed by atoms with Gasteiger partial charge in [0.1, 0.15) is 5.58 Å². The van der Waals surface area contributed by atoms with E-state index in [1.165, 1.54) is 0 Å². The van der Waals surface area contributed by atoms with E-state index in [9.17, 15) is 4.79 Å². The Kier molecular flexibility index (Phi) is 6.72. The summed E-state index contributed by atoms with van der Waals surface area (Å²) >= 11 is 8.85. The molecular formula is C24H20BrN3O3S. The molecular weight excluding hydrogens is 490 g/mol. The summed E-state index contributed by atoms with van der Waals surface area (Å²) in [6, 6.07) is 24.4. The van der Waals surface area contributed by atoms with Crippen LogP contribution in [0.2, 0.25) is 0 Å². The van der Waals surface area contributed by atoms with Crippen molar-refractivity contribution in [1.82, 2.24) is 5.32 Å². The quantitative estimate of drug-likeness (QED) is 0.255. The van der Waals surface area contributed by atoms with Crippen molar-refractivity contribution < 1.29 is 13.9 Å². The SMILES string of the molecule is CC(NC(=S)Nc1ccc(NC(=O)Oc2cc3ccccc3o2)cc1)c1ccc(Br)cc1. The zero-order chi connectivity index (χ0) is 22.5. The van der Waals surface area contributed by atoms with Gasteiger partial charge in [-0.25, -0.2) is 4.79 Å². The third kappa shape index (κ3) is 5.66. The van der Waals surface area contributed by atoms with Crippen molar-refractivity contribution in [3.8, 4) is 5.95 Å². The lowest BCUT2D eigenvalue weighted by Crippen LogP contribution is -2.30. The molecule has 8 heteroatoms. The highest BCUT2D eigenvalue weighted by molar-refractivity contribution is 9.10. The van der Waals surface area contributed by atoms with Crippen LogP contribution >= 0.6 is 28.1 Å². The van der Waals surface area contributed by atoms with Gasteiger partial charge in [0.2, 0.25) is 0 Å². The van der Waals surface area contributed by atoms with E-state index in [1.807, 2.05) is 67.6 Å². The van der Waals surface area contributed by atoms with E-state index in [-0.39, 0.29) is 12.0 Å². The summed E-state index contributed by atoms with van der Waals surface area (Å²) in [4.78, 5) is 12.2. The number of nitrogens with one attached hydrogen (secondary N) is 3. The average molecular weight is 510 g/mol. The highest BCUT2D eigenvalue weighted by Crippen LogP contribution is 2.25. The smallest absolute Gasteiger partial charge is 0.419 e. The Bertz CT molecular complexity index is 1210. The minimum atomic E-state index is -0.634. The lowest BCUT2D eigenvalue weighted by atomic mass is 10.1. The molecule has 32 heavy (non-hydrogen) atoms. The summed E-state index contributed by atoms with van der Waals surface area (Å²) in [7, 11) is 0. The van der Waals surface area contributed by atoms with Crippen LogP contribution in [0.15, 0.2) is 87.8 Å². The minimum Gasteiger partial charge on any atom is -0.425 e. The molecule has 0 saturated carbocycles. The number of fused-ring (bicyclic) bond motifs is 1. The van der Waals surface area contributed by atoms with Crippen molar-refractivity contribution in [2.24, 2.45) is 0 Å². The molecule has 1 heterocycles. The Hall–Kier alpha value is -3.36. The zero-order valence-corrected chi connectivity index (χ0v) is 19.5. The zero-order valence-electron chi connectivity index (χ0n) is 17.1. The van der Waals surface area contributed by atoms with Gasteiger partial charge in [0.15, 0.2) is 5.11 Å². The second-order valence-electron chi connectivity index (χ2n) is 7.07. The molecule has 0 aliphatic rings. The number of thiocarbonyl (C=S) groups is 1. The van der Waals surface area contributed by atoms with Gasteiger partial charge in [-0.15, -0.1) is 0 Å². The lowest BCUT2D eigenvalue weighted by molar-refractivity contribution is 0.203. The molecule has 162 valence electrons. The predicted octanol–water partition coefficient (Wildman–Crippen LogP) is 6.85. The maximum Gasteiger partial charge on any atom is 0.419 e. The standard InChI is InChI=1S/C24H20BrN3O3S/c1-15(16-6-8-18(25)9-7-16)26-23(32)27-19-10-12-20(13-11-19)28-24(29)31-22-14-17-4-2-3-5-21(17)30-22/h2-15H,1H3,(H,28,29)(H2,26,27,32). The Labute approximate surface area is 199 Å². The number of furan rings is 1. The molecule has 0 saturated heterocycles. The topological polar surface area (TPSA) is 75.5 Å². The fourth-order valence-corrected chi connectivity index (χ4v) is 3.64. The van der Waals surface area contributed by atoms with Crippen LogP contribution < -0.4 is 20.7 Å². The van der Waals surface area contributed by atoms with Gasteiger partial charge in [-0.05, 0) is 67.2 Å². The van der Waals surface area contributed by atoms with E-state index in [2.05, 4.69) is 31.9 Å². The number of anilines is 2. The summed E-state index contributed by atoms with van der Waals surface area (Å²) in [5, 5.41) is 10.4. The maximum atomic E-state index is 12.2. The van der Waals surface area contributed by atoms with Crippen LogP contribution in [0.5, 0.6) is 5.95 Å². The van der Waals surface area contributed by atoms with Crippen LogP contribution in [0.25, 0.3) is 11.0 Å². The van der Waals surface area contributed by atoms with Gasteiger partial charge >= 0.3 is 6.09 Å². The molecule has 1 unspecified atom stereocenters. The first kappa shape index (κ1) is 21.9. The Morgan fingerprint density at radius 2 is 1.62 bits per heavy atom. The van der Waals surface area contributed by atoms with E-state index >= 15 is 0 Å². The number of amides is 1. The van der Waals surface area contributed by atoms with Gasteiger partial charge in [0, 0.05) is 27.3 Å². The molecule has 1 amide bonds. The molecule has 0 fully saturated rings. The van der Waals surface area contributed by atoms with Gasteiger partial charge in [-0.2, -0.15) is 0 Å². The van der Waals surface area contributed by atoms with Crippen LogP contribution in [0.4, 0.5) is 16.2 Å². The molecule has 0 radical (unpaired) electrons. The minimum absolute atomic E-state index is 0.0528. The molecule has 0 bridgehead atoms. The normalized spacial score (nSPS) is 11.6. The van der Waals surface area contributed by atoms with Gasteiger partial charge in [0.05, 0.1) is 6.04 Å². The van der Waals surface area contributed by atoms with E-state index in [0.29, 0.717) is 16.4 Å². The number of benzene rings is 3. The number of carbonyl (C=O) groups excluding carboxylic acids is 1. The van der Waals surface area contributed by atoms with Crippen molar-refractivity contribution in [3.05, 3.63) is 88.9 Å². The van der Waals surface area contributed by atoms with Crippen LogP contribution in [0.3, 0.4) is 0 Å². The highest BCUT2D eigenvalue weighted by atomic mass is 79.9. The Balaban J connectivity index is 1.29. The third-order valence-electron chi connectivity index (χ3n) is 4.70. The summed E-state index contributed by atoms with van der Waals surface area (Å²) < 4.78 is 11.7.